The Hall–Kier alpha value is -1.13. The summed E-state index contributed by atoms with van der Waals surface area (Å²) in [4.78, 5) is 0.0471. The lowest BCUT2D eigenvalue weighted by Crippen LogP contribution is -2.30. The van der Waals surface area contributed by atoms with Gasteiger partial charge in [-0.3, -0.25) is 0 Å². The number of rotatable bonds is 3. The fraction of sp³-hybridized carbons (Fsp3) is 0.417. The number of nitriles is 1. The zero-order chi connectivity index (χ0) is 14.0. The molecule has 1 aliphatic rings. The molecule has 5 nitrogen and oxygen atoms in total. The van der Waals surface area contributed by atoms with E-state index in [1.807, 2.05) is 6.07 Å². The van der Waals surface area contributed by atoms with Gasteiger partial charge in [-0.05, 0) is 37.1 Å². The largest absolute Gasteiger partial charge is 0.330 e. The van der Waals surface area contributed by atoms with E-state index in [4.69, 9.17) is 22.6 Å². The summed E-state index contributed by atoms with van der Waals surface area (Å²) in [5, 5.41) is 8.83. The molecule has 1 atom stereocenters. The molecular weight excluding hydrogens is 286 g/mol. The first-order chi connectivity index (χ1) is 8.98. The molecule has 0 aromatic heterocycles. The van der Waals surface area contributed by atoms with Crippen LogP contribution >= 0.6 is 11.6 Å². The molecule has 7 heteroatoms. The Morgan fingerprint density at radius 1 is 1.53 bits per heavy atom. The van der Waals surface area contributed by atoms with E-state index in [9.17, 15) is 8.42 Å². The summed E-state index contributed by atoms with van der Waals surface area (Å²) in [5.74, 6) is 0.201. The van der Waals surface area contributed by atoms with E-state index in [1.165, 1.54) is 22.5 Å². The van der Waals surface area contributed by atoms with Gasteiger partial charge in [0.1, 0.15) is 4.90 Å². The maximum absolute atomic E-state index is 12.4. The Kier molecular flexibility index (Phi) is 4.11. The zero-order valence-corrected chi connectivity index (χ0v) is 11.8. The van der Waals surface area contributed by atoms with Gasteiger partial charge in [-0.2, -0.15) is 9.57 Å². The van der Waals surface area contributed by atoms with E-state index in [-0.39, 0.29) is 15.8 Å². The molecule has 1 aromatic carbocycles. The third-order valence-corrected chi connectivity index (χ3v) is 5.61. The van der Waals surface area contributed by atoms with Gasteiger partial charge >= 0.3 is 0 Å². The molecule has 1 saturated heterocycles. The third-order valence-electron chi connectivity index (χ3n) is 3.26. The van der Waals surface area contributed by atoms with Gasteiger partial charge in [0, 0.05) is 13.1 Å². The molecule has 1 aliphatic heterocycles. The van der Waals surface area contributed by atoms with E-state index < -0.39 is 10.0 Å². The molecule has 1 unspecified atom stereocenters. The highest BCUT2D eigenvalue weighted by Crippen LogP contribution is 2.29. The van der Waals surface area contributed by atoms with Gasteiger partial charge in [-0.1, -0.05) is 11.6 Å². The number of hydrogen-bond donors (Lipinski definition) is 1. The van der Waals surface area contributed by atoms with Crippen LogP contribution in [-0.2, 0) is 10.0 Å². The van der Waals surface area contributed by atoms with Crippen molar-refractivity contribution >= 4 is 21.6 Å². The van der Waals surface area contributed by atoms with Gasteiger partial charge in [-0.25, -0.2) is 8.42 Å². The van der Waals surface area contributed by atoms with Crippen LogP contribution in [0.1, 0.15) is 12.0 Å². The summed E-state index contributed by atoms with van der Waals surface area (Å²) in [6.45, 7) is 1.36. The first kappa shape index (κ1) is 14.3. The van der Waals surface area contributed by atoms with Crippen LogP contribution in [0, 0.1) is 17.2 Å². The third kappa shape index (κ3) is 2.74. The average Bonchev–Trinajstić information content (AvgIpc) is 2.87. The van der Waals surface area contributed by atoms with Crippen molar-refractivity contribution in [2.45, 2.75) is 11.3 Å². The van der Waals surface area contributed by atoms with E-state index in [0.717, 1.165) is 6.42 Å². The molecule has 102 valence electrons. The van der Waals surface area contributed by atoms with E-state index in [0.29, 0.717) is 25.2 Å². The molecule has 1 heterocycles. The first-order valence-electron chi connectivity index (χ1n) is 5.89. The number of sulfonamides is 1. The van der Waals surface area contributed by atoms with Crippen LogP contribution in [0.4, 0.5) is 0 Å². The summed E-state index contributed by atoms with van der Waals surface area (Å²) in [6.07, 6.45) is 0.767. The second-order valence-electron chi connectivity index (χ2n) is 4.51. The SMILES string of the molecule is N#Cc1ccc(S(=O)(=O)N2CCC(CN)C2)c(Cl)c1. The van der Waals surface area contributed by atoms with Crippen molar-refractivity contribution in [1.29, 1.82) is 5.26 Å². The molecule has 0 bridgehead atoms. The van der Waals surface area contributed by atoms with Crippen LogP contribution in [0.25, 0.3) is 0 Å². The second kappa shape index (κ2) is 5.47. The summed E-state index contributed by atoms with van der Waals surface area (Å²) in [7, 11) is -3.60. The van der Waals surface area contributed by atoms with Gasteiger partial charge in [0.25, 0.3) is 0 Å². The maximum Gasteiger partial charge on any atom is 0.244 e. The molecule has 0 spiro atoms. The summed E-state index contributed by atoms with van der Waals surface area (Å²) in [5.41, 5.74) is 5.90. The van der Waals surface area contributed by atoms with Crippen molar-refractivity contribution in [2.75, 3.05) is 19.6 Å². The van der Waals surface area contributed by atoms with Crippen LogP contribution < -0.4 is 5.73 Å². The molecule has 0 aliphatic carbocycles. The fourth-order valence-electron chi connectivity index (χ4n) is 2.13. The molecule has 19 heavy (non-hydrogen) atoms. The highest BCUT2D eigenvalue weighted by Gasteiger charge is 2.33. The van der Waals surface area contributed by atoms with Crippen LogP contribution in [-0.4, -0.2) is 32.4 Å². The fourth-order valence-corrected chi connectivity index (χ4v) is 4.18. The Labute approximate surface area is 117 Å². The van der Waals surface area contributed by atoms with Crippen molar-refractivity contribution in [2.24, 2.45) is 11.7 Å². The summed E-state index contributed by atoms with van der Waals surface area (Å²) < 4.78 is 26.3. The standard InChI is InChI=1S/C12H14ClN3O2S/c13-11-5-9(6-14)1-2-12(11)19(17,18)16-4-3-10(7-15)8-16/h1-2,5,10H,3-4,7-8,15H2. The minimum Gasteiger partial charge on any atom is -0.330 e. The lowest BCUT2D eigenvalue weighted by Gasteiger charge is -2.17. The molecule has 2 N–H and O–H groups in total. The van der Waals surface area contributed by atoms with Crippen molar-refractivity contribution in [1.82, 2.24) is 4.31 Å². The minimum atomic E-state index is -3.60. The summed E-state index contributed by atoms with van der Waals surface area (Å²) in [6, 6.07) is 6.12. The Bertz CT molecular complexity index is 624. The molecule has 0 amide bonds. The van der Waals surface area contributed by atoms with Gasteiger partial charge in [0.05, 0.1) is 16.7 Å². The van der Waals surface area contributed by atoms with Crippen LogP contribution in [0.15, 0.2) is 23.1 Å². The van der Waals surface area contributed by atoms with Crippen LogP contribution in [0.5, 0.6) is 0 Å². The van der Waals surface area contributed by atoms with Crippen molar-refractivity contribution < 1.29 is 8.42 Å². The number of halogens is 1. The van der Waals surface area contributed by atoms with Crippen LogP contribution in [0.2, 0.25) is 5.02 Å². The number of nitrogens with zero attached hydrogens (tertiary/aromatic N) is 2. The second-order valence-corrected chi connectivity index (χ2v) is 6.82. The topological polar surface area (TPSA) is 87.2 Å². The monoisotopic (exact) mass is 299 g/mol. The van der Waals surface area contributed by atoms with Gasteiger partial charge in [0.15, 0.2) is 0 Å². The van der Waals surface area contributed by atoms with Gasteiger partial charge in [-0.15, -0.1) is 0 Å². The molecule has 1 aromatic rings. The lowest BCUT2D eigenvalue weighted by atomic mass is 10.1. The van der Waals surface area contributed by atoms with E-state index >= 15 is 0 Å². The lowest BCUT2D eigenvalue weighted by molar-refractivity contribution is 0.459. The van der Waals surface area contributed by atoms with Gasteiger partial charge in [0.2, 0.25) is 10.0 Å². The molecule has 2 rings (SSSR count). The number of benzene rings is 1. The van der Waals surface area contributed by atoms with E-state index in [2.05, 4.69) is 0 Å². The molecular formula is C12H14ClN3O2S. The van der Waals surface area contributed by atoms with E-state index in [1.54, 1.807) is 0 Å². The average molecular weight is 300 g/mol. The Balaban J connectivity index is 2.33. The molecule has 0 radical (unpaired) electrons. The van der Waals surface area contributed by atoms with Crippen molar-refractivity contribution in [3.63, 3.8) is 0 Å². The predicted molar refractivity (Wildman–Crippen MR) is 72.1 cm³/mol. The van der Waals surface area contributed by atoms with Crippen molar-refractivity contribution in [3.05, 3.63) is 28.8 Å². The number of nitrogens with two attached hydrogens (primary N) is 1. The molecule has 1 fully saturated rings. The Morgan fingerprint density at radius 3 is 2.79 bits per heavy atom. The maximum atomic E-state index is 12.4. The number of hydrogen-bond acceptors (Lipinski definition) is 4. The quantitative estimate of drug-likeness (QED) is 0.908. The smallest absolute Gasteiger partial charge is 0.244 e. The summed E-state index contributed by atoms with van der Waals surface area (Å²) >= 11 is 5.96. The van der Waals surface area contributed by atoms with Crippen molar-refractivity contribution in [3.8, 4) is 6.07 Å². The molecule has 0 saturated carbocycles. The first-order valence-corrected chi connectivity index (χ1v) is 7.70. The normalized spacial score (nSPS) is 20.4. The van der Waals surface area contributed by atoms with Crippen LogP contribution in [0.3, 0.4) is 0 Å². The highest BCUT2D eigenvalue weighted by atomic mass is 35.5. The zero-order valence-electron chi connectivity index (χ0n) is 10.2. The van der Waals surface area contributed by atoms with Gasteiger partial charge < -0.3 is 5.73 Å². The minimum absolute atomic E-state index is 0.0471. The highest BCUT2D eigenvalue weighted by molar-refractivity contribution is 7.89. The Morgan fingerprint density at radius 2 is 2.26 bits per heavy atom. The predicted octanol–water partition coefficient (Wildman–Crippen LogP) is 1.18.